The third-order valence-electron chi connectivity index (χ3n) is 2.85. The summed E-state index contributed by atoms with van der Waals surface area (Å²) in [5.41, 5.74) is 6.84. The summed E-state index contributed by atoms with van der Waals surface area (Å²) in [6.45, 7) is 4.97. The maximum atomic E-state index is 5.46. The van der Waals surface area contributed by atoms with Crippen LogP contribution >= 0.6 is 0 Å². The molecule has 0 unspecified atom stereocenters. The Morgan fingerprint density at radius 1 is 0.833 bits per heavy atom. The quantitative estimate of drug-likeness (QED) is 0.639. The SMILES string of the molecule is Cc1ccc(CCNOc2ccc(C)cc2)cc1. The van der Waals surface area contributed by atoms with Gasteiger partial charge in [0.05, 0.1) is 0 Å². The van der Waals surface area contributed by atoms with Crippen LogP contribution in [-0.4, -0.2) is 6.54 Å². The summed E-state index contributed by atoms with van der Waals surface area (Å²) in [5.74, 6) is 0.851. The van der Waals surface area contributed by atoms with E-state index in [2.05, 4.69) is 43.6 Å². The van der Waals surface area contributed by atoms with Crippen LogP contribution in [0.2, 0.25) is 0 Å². The lowest BCUT2D eigenvalue weighted by Gasteiger charge is -2.07. The van der Waals surface area contributed by atoms with Crippen molar-refractivity contribution >= 4 is 0 Å². The Hall–Kier alpha value is -1.80. The minimum atomic E-state index is 0.803. The van der Waals surface area contributed by atoms with E-state index < -0.39 is 0 Å². The first-order chi connectivity index (χ1) is 8.74. The monoisotopic (exact) mass is 241 g/mol. The first-order valence-corrected chi connectivity index (χ1v) is 6.26. The first-order valence-electron chi connectivity index (χ1n) is 6.26. The van der Waals surface area contributed by atoms with Gasteiger partial charge in [0.25, 0.3) is 0 Å². The minimum absolute atomic E-state index is 0.803. The van der Waals surface area contributed by atoms with Crippen molar-refractivity contribution < 1.29 is 4.84 Å². The molecule has 0 fully saturated rings. The Labute approximate surface area is 109 Å². The highest BCUT2D eigenvalue weighted by Gasteiger charge is 1.95. The van der Waals surface area contributed by atoms with Crippen molar-refractivity contribution in [3.8, 4) is 5.75 Å². The normalized spacial score (nSPS) is 10.3. The van der Waals surface area contributed by atoms with Gasteiger partial charge in [-0.25, -0.2) is 0 Å². The molecular formula is C16H19NO. The summed E-state index contributed by atoms with van der Waals surface area (Å²) in [6.07, 6.45) is 0.964. The van der Waals surface area contributed by atoms with E-state index >= 15 is 0 Å². The number of hydrogen-bond donors (Lipinski definition) is 1. The van der Waals surface area contributed by atoms with Crippen LogP contribution < -0.4 is 10.3 Å². The number of rotatable bonds is 5. The third-order valence-corrected chi connectivity index (χ3v) is 2.85. The molecule has 0 aliphatic heterocycles. The van der Waals surface area contributed by atoms with Crippen LogP contribution in [-0.2, 0) is 6.42 Å². The molecule has 0 atom stereocenters. The topological polar surface area (TPSA) is 21.3 Å². The molecule has 1 N–H and O–H groups in total. The Balaban J connectivity index is 1.73. The summed E-state index contributed by atoms with van der Waals surface area (Å²) >= 11 is 0. The van der Waals surface area contributed by atoms with Crippen molar-refractivity contribution in [3.05, 3.63) is 65.2 Å². The number of benzene rings is 2. The van der Waals surface area contributed by atoms with Gasteiger partial charge in [0.1, 0.15) is 5.75 Å². The second kappa shape index (κ2) is 6.22. The number of hydrogen-bond acceptors (Lipinski definition) is 2. The molecule has 94 valence electrons. The zero-order chi connectivity index (χ0) is 12.8. The van der Waals surface area contributed by atoms with Crippen molar-refractivity contribution in [2.75, 3.05) is 6.54 Å². The van der Waals surface area contributed by atoms with Crippen LogP contribution in [0.1, 0.15) is 16.7 Å². The lowest BCUT2D eigenvalue weighted by Crippen LogP contribution is -2.21. The predicted molar refractivity (Wildman–Crippen MR) is 74.7 cm³/mol. The summed E-state index contributed by atoms with van der Waals surface area (Å²) in [4.78, 5) is 5.46. The maximum Gasteiger partial charge on any atom is 0.147 e. The fraction of sp³-hybridized carbons (Fsp3) is 0.250. The van der Waals surface area contributed by atoms with Gasteiger partial charge in [0.2, 0.25) is 0 Å². The van der Waals surface area contributed by atoms with E-state index in [1.54, 1.807) is 0 Å². The van der Waals surface area contributed by atoms with Gasteiger partial charge in [-0.05, 0) is 38.0 Å². The lowest BCUT2D eigenvalue weighted by atomic mass is 10.1. The first kappa shape index (κ1) is 12.7. The van der Waals surface area contributed by atoms with E-state index in [9.17, 15) is 0 Å². The van der Waals surface area contributed by atoms with E-state index in [4.69, 9.17) is 4.84 Å². The molecule has 0 amide bonds. The number of hydroxylamine groups is 1. The minimum Gasteiger partial charge on any atom is -0.409 e. The molecule has 2 rings (SSSR count). The highest BCUT2D eigenvalue weighted by atomic mass is 16.6. The van der Waals surface area contributed by atoms with Gasteiger partial charge in [-0.1, -0.05) is 47.5 Å². The number of nitrogens with one attached hydrogen (secondary N) is 1. The highest BCUT2D eigenvalue weighted by Crippen LogP contribution is 2.10. The smallest absolute Gasteiger partial charge is 0.147 e. The zero-order valence-corrected chi connectivity index (χ0v) is 10.9. The summed E-state index contributed by atoms with van der Waals surface area (Å²) in [6, 6.07) is 16.6. The average Bonchev–Trinajstić information content (AvgIpc) is 2.39. The molecule has 0 aliphatic rings. The molecule has 18 heavy (non-hydrogen) atoms. The Bertz CT molecular complexity index is 426. The summed E-state index contributed by atoms with van der Waals surface area (Å²) in [7, 11) is 0. The largest absolute Gasteiger partial charge is 0.409 e. The standard InChI is InChI=1S/C16H19NO/c1-13-3-7-15(8-4-13)11-12-17-18-16-9-5-14(2)6-10-16/h3-10,17H,11-12H2,1-2H3. The lowest BCUT2D eigenvalue weighted by molar-refractivity contribution is 0.197. The predicted octanol–water partition coefficient (Wildman–Crippen LogP) is 3.43. The summed E-state index contributed by atoms with van der Waals surface area (Å²) in [5, 5.41) is 0. The van der Waals surface area contributed by atoms with E-state index in [0.29, 0.717) is 0 Å². The molecular weight excluding hydrogens is 222 g/mol. The van der Waals surface area contributed by atoms with Gasteiger partial charge in [-0.3, -0.25) is 0 Å². The van der Waals surface area contributed by atoms with Crippen LogP contribution in [0.5, 0.6) is 5.75 Å². The molecule has 0 radical (unpaired) electrons. The molecule has 0 heterocycles. The van der Waals surface area contributed by atoms with Gasteiger partial charge in [-0.2, -0.15) is 5.48 Å². The van der Waals surface area contributed by atoms with E-state index in [0.717, 1.165) is 18.7 Å². The Morgan fingerprint density at radius 3 is 2.00 bits per heavy atom. The van der Waals surface area contributed by atoms with Crippen molar-refractivity contribution in [1.82, 2.24) is 5.48 Å². The van der Waals surface area contributed by atoms with Gasteiger partial charge >= 0.3 is 0 Å². The second-order valence-corrected chi connectivity index (χ2v) is 4.55. The average molecular weight is 241 g/mol. The molecule has 0 saturated carbocycles. The Morgan fingerprint density at radius 2 is 1.39 bits per heavy atom. The highest BCUT2D eigenvalue weighted by molar-refractivity contribution is 5.26. The van der Waals surface area contributed by atoms with Crippen LogP contribution in [0.25, 0.3) is 0 Å². The van der Waals surface area contributed by atoms with E-state index in [1.165, 1.54) is 16.7 Å². The van der Waals surface area contributed by atoms with Gasteiger partial charge in [0, 0.05) is 6.54 Å². The van der Waals surface area contributed by atoms with Crippen LogP contribution in [0.3, 0.4) is 0 Å². The van der Waals surface area contributed by atoms with Gasteiger partial charge in [0.15, 0.2) is 0 Å². The zero-order valence-electron chi connectivity index (χ0n) is 10.9. The molecule has 0 aromatic heterocycles. The number of aryl methyl sites for hydroxylation is 2. The summed E-state index contributed by atoms with van der Waals surface area (Å²) < 4.78 is 0. The molecule has 0 saturated heterocycles. The molecule has 2 heteroatoms. The molecule has 0 spiro atoms. The van der Waals surface area contributed by atoms with Crippen molar-refractivity contribution in [1.29, 1.82) is 0 Å². The Kier molecular flexibility index (Phi) is 4.37. The van der Waals surface area contributed by atoms with Gasteiger partial charge < -0.3 is 4.84 Å². The van der Waals surface area contributed by atoms with Crippen molar-refractivity contribution in [2.45, 2.75) is 20.3 Å². The van der Waals surface area contributed by atoms with Crippen LogP contribution in [0.4, 0.5) is 0 Å². The van der Waals surface area contributed by atoms with Crippen LogP contribution in [0, 0.1) is 13.8 Å². The maximum absolute atomic E-state index is 5.46. The van der Waals surface area contributed by atoms with E-state index in [-0.39, 0.29) is 0 Å². The van der Waals surface area contributed by atoms with Gasteiger partial charge in [-0.15, -0.1) is 0 Å². The fourth-order valence-corrected chi connectivity index (χ4v) is 1.69. The van der Waals surface area contributed by atoms with Crippen molar-refractivity contribution in [3.63, 3.8) is 0 Å². The fourth-order valence-electron chi connectivity index (χ4n) is 1.69. The molecule has 2 aromatic rings. The van der Waals surface area contributed by atoms with Crippen LogP contribution in [0.15, 0.2) is 48.5 Å². The molecule has 0 aliphatic carbocycles. The van der Waals surface area contributed by atoms with E-state index in [1.807, 2.05) is 24.3 Å². The molecule has 2 aromatic carbocycles. The molecule has 0 bridgehead atoms. The molecule has 2 nitrogen and oxygen atoms in total. The third kappa shape index (κ3) is 3.90. The van der Waals surface area contributed by atoms with Crippen molar-refractivity contribution in [2.24, 2.45) is 0 Å². The second-order valence-electron chi connectivity index (χ2n) is 4.55.